The van der Waals surface area contributed by atoms with E-state index in [2.05, 4.69) is 41.1 Å². The molecule has 0 saturated carbocycles. The molecule has 0 bridgehead atoms. The predicted molar refractivity (Wildman–Crippen MR) is 82.2 cm³/mol. The van der Waals surface area contributed by atoms with Gasteiger partial charge in [-0.15, -0.1) is 0 Å². The first-order valence-corrected chi connectivity index (χ1v) is 7.22. The number of hydrogen-bond acceptors (Lipinski definition) is 2. The zero-order chi connectivity index (χ0) is 13.7. The minimum absolute atomic E-state index is 0.537. The van der Waals surface area contributed by atoms with Crippen molar-refractivity contribution in [3.8, 4) is 5.75 Å². The minimum Gasteiger partial charge on any atom is -0.488 e. The van der Waals surface area contributed by atoms with Gasteiger partial charge in [0.2, 0.25) is 0 Å². The molecule has 19 heavy (non-hydrogen) atoms. The first kappa shape index (κ1) is 14.1. The Morgan fingerprint density at radius 1 is 1.11 bits per heavy atom. The van der Waals surface area contributed by atoms with Crippen molar-refractivity contribution >= 4 is 15.9 Å². The van der Waals surface area contributed by atoms with E-state index in [0.717, 1.165) is 27.8 Å². The van der Waals surface area contributed by atoms with E-state index in [1.807, 2.05) is 24.3 Å². The molecule has 0 atom stereocenters. The third kappa shape index (κ3) is 3.58. The summed E-state index contributed by atoms with van der Waals surface area (Å²) in [4.78, 5) is 0. The van der Waals surface area contributed by atoms with Crippen molar-refractivity contribution in [3.05, 3.63) is 63.6 Å². The van der Waals surface area contributed by atoms with Crippen LogP contribution in [0.25, 0.3) is 0 Å². The molecule has 100 valence electrons. The molecule has 0 amide bonds. The van der Waals surface area contributed by atoms with Crippen LogP contribution in [0.2, 0.25) is 0 Å². The van der Waals surface area contributed by atoms with Crippen LogP contribution >= 0.6 is 15.9 Å². The van der Waals surface area contributed by atoms with E-state index >= 15 is 0 Å². The summed E-state index contributed by atoms with van der Waals surface area (Å²) in [5, 5.41) is 0. The quantitative estimate of drug-likeness (QED) is 0.902. The van der Waals surface area contributed by atoms with E-state index in [0.29, 0.717) is 13.2 Å². The Hall–Kier alpha value is -1.32. The fourth-order valence-corrected chi connectivity index (χ4v) is 2.47. The SMILES string of the molecule is CCc1ccc(OCc2ccccc2CN)c(Br)c1. The van der Waals surface area contributed by atoms with Gasteiger partial charge < -0.3 is 10.5 Å². The summed E-state index contributed by atoms with van der Waals surface area (Å²) in [5.74, 6) is 0.865. The lowest BCUT2D eigenvalue weighted by atomic mass is 10.1. The maximum absolute atomic E-state index is 5.86. The maximum atomic E-state index is 5.86. The van der Waals surface area contributed by atoms with Gasteiger partial charge in [-0.05, 0) is 51.2 Å². The second-order valence-electron chi connectivity index (χ2n) is 4.38. The van der Waals surface area contributed by atoms with Crippen LogP contribution in [0.4, 0.5) is 0 Å². The Labute approximate surface area is 122 Å². The summed E-state index contributed by atoms with van der Waals surface area (Å²) < 4.78 is 6.86. The molecule has 2 N–H and O–H groups in total. The summed E-state index contributed by atoms with van der Waals surface area (Å²) in [6.45, 7) is 3.21. The molecule has 0 aliphatic heterocycles. The molecule has 2 aromatic carbocycles. The van der Waals surface area contributed by atoms with Crippen LogP contribution in [-0.2, 0) is 19.6 Å². The highest BCUT2D eigenvalue weighted by Crippen LogP contribution is 2.27. The maximum Gasteiger partial charge on any atom is 0.134 e. The molecule has 0 saturated heterocycles. The Bertz CT molecular complexity index is 554. The highest BCUT2D eigenvalue weighted by molar-refractivity contribution is 9.10. The molecule has 2 rings (SSSR count). The van der Waals surface area contributed by atoms with Crippen molar-refractivity contribution in [2.75, 3.05) is 0 Å². The first-order valence-electron chi connectivity index (χ1n) is 6.42. The molecule has 0 heterocycles. The first-order chi connectivity index (χ1) is 9.24. The zero-order valence-corrected chi connectivity index (χ0v) is 12.6. The van der Waals surface area contributed by atoms with Gasteiger partial charge in [-0.3, -0.25) is 0 Å². The molecule has 0 unspecified atom stereocenters. The molecule has 0 spiro atoms. The monoisotopic (exact) mass is 319 g/mol. The van der Waals surface area contributed by atoms with Crippen molar-refractivity contribution in [2.45, 2.75) is 26.5 Å². The second-order valence-corrected chi connectivity index (χ2v) is 5.23. The van der Waals surface area contributed by atoms with Gasteiger partial charge in [0.05, 0.1) is 4.47 Å². The molecule has 0 radical (unpaired) electrons. The Morgan fingerprint density at radius 3 is 2.47 bits per heavy atom. The van der Waals surface area contributed by atoms with Gasteiger partial charge in [-0.1, -0.05) is 37.3 Å². The fraction of sp³-hybridized carbons (Fsp3) is 0.250. The largest absolute Gasteiger partial charge is 0.488 e. The lowest BCUT2D eigenvalue weighted by molar-refractivity contribution is 0.303. The van der Waals surface area contributed by atoms with E-state index in [4.69, 9.17) is 10.5 Å². The predicted octanol–water partition coefficient (Wildman–Crippen LogP) is 4.05. The van der Waals surface area contributed by atoms with E-state index in [1.165, 1.54) is 5.56 Å². The van der Waals surface area contributed by atoms with Crippen LogP contribution in [0.15, 0.2) is 46.9 Å². The van der Waals surface area contributed by atoms with E-state index in [-0.39, 0.29) is 0 Å². The van der Waals surface area contributed by atoms with Crippen LogP contribution in [0.3, 0.4) is 0 Å². The highest BCUT2D eigenvalue weighted by atomic mass is 79.9. The topological polar surface area (TPSA) is 35.2 Å². The van der Waals surface area contributed by atoms with Gasteiger partial charge in [0.15, 0.2) is 0 Å². The van der Waals surface area contributed by atoms with Gasteiger partial charge in [-0.2, -0.15) is 0 Å². The van der Waals surface area contributed by atoms with Crippen molar-refractivity contribution < 1.29 is 4.74 Å². The number of halogens is 1. The average molecular weight is 320 g/mol. The number of hydrogen-bond donors (Lipinski definition) is 1. The Morgan fingerprint density at radius 2 is 1.84 bits per heavy atom. The van der Waals surface area contributed by atoms with Crippen LogP contribution in [0, 0.1) is 0 Å². The van der Waals surface area contributed by atoms with E-state index < -0.39 is 0 Å². The van der Waals surface area contributed by atoms with Crippen LogP contribution in [0.5, 0.6) is 5.75 Å². The lowest BCUT2D eigenvalue weighted by Gasteiger charge is -2.11. The Kier molecular flexibility index (Phi) is 5.00. The fourth-order valence-electron chi connectivity index (χ4n) is 1.93. The molecule has 0 fully saturated rings. The molecule has 0 aliphatic rings. The molecule has 0 aromatic heterocycles. The van der Waals surface area contributed by atoms with Crippen LogP contribution in [0.1, 0.15) is 23.6 Å². The minimum atomic E-state index is 0.537. The smallest absolute Gasteiger partial charge is 0.134 e. The van der Waals surface area contributed by atoms with Crippen molar-refractivity contribution in [1.29, 1.82) is 0 Å². The lowest BCUT2D eigenvalue weighted by Crippen LogP contribution is -2.04. The molecule has 0 aliphatic carbocycles. The van der Waals surface area contributed by atoms with Gasteiger partial charge in [0.1, 0.15) is 12.4 Å². The van der Waals surface area contributed by atoms with Gasteiger partial charge in [-0.25, -0.2) is 0 Å². The van der Waals surface area contributed by atoms with Crippen molar-refractivity contribution in [2.24, 2.45) is 5.73 Å². The highest BCUT2D eigenvalue weighted by Gasteiger charge is 2.04. The zero-order valence-electron chi connectivity index (χ0n) is 11.0. The number of ether oxygens (including phenoxy) is 1. The van der Waals surface area contributed by atoms with Crippen LogP contribution in [-0.4, -0.2) is 0 Å². The summed E-state index contributed by atoms with van der Waals surface area (Å²) in [7, 11) is 0. The molecular formula is C16H18BrNO. The van der Waals surface area contributed by atoms with Gasteiger partial charge >= 0.3 is 0 Å². The Balaban J connectivity index is 2.10. The number of nitrogens with two attached hydrogens (primary N) is 1. The van der Waals surface area contributed by atoms with E-state index in [1.54, 1.807) is 0 Å². The van der Waals surface area contributed by atoms with Gasteiger partial charge in [0.25, 0.3) is 0 Å². The van der Waals surface area contributed by atoms with Crippen molar-refractivity contribution in [3.63, 3.8) is 0 Å². The molecule has 2 nitrogen and oxygen atoms in total. The van der Waals surface area contributed by atoms with Crippen LogP contribution < -0.4 is 10.5 Å². The normalized spacial score (nSPS) is 10.5. The van der Waals surface area contributed by atoms with Crippen molar-refractivity contribution in [1.82, 2.24) is 0 Å². The summed E-state index contributed by atoms with van der Waals surface area (Å²) in [5.41, 5.74) is 9.28. The average Bonchev–Trinajstić information content (AvgIpc) is 2.46. The summed E-state index contributed by atoms with van der Waals surface area (Å²) in [6, 6.07) is 14.3. The van der Waals surface area contributed by atoms with Gasteiger partial charge in [0, 0.05) is 6.54 Å². The summed E-state index contributed by atoms with van der Waals surface area (Å²) in [6.07, 6.45) is 1.02. The molecule has 3 heteroatoms. The number of benzene rings is 2. The van der Waals surface area contributed by atoms with E-state index in [9.17, 15) is 0 Å². The third-order valence-electron chi connectivity index (χ3n) is 3.13. The molecular weight excluding hydrogens is 302 g/mol. The standard InChI is InChI=1S/C16H18BrNO/c1-2-12-7-8-16(15(17)9-12)19-11-14-6-4-3-5-13(14)10-18/h3-9H,2,10-11,18H2,1H3. The summed E-state index contributed by atoms with van der Waals surface area (Å²) >= 11 is 3.55. The number of rotatable bonds is 5. The number of aryl methyl sites for hydroxylation is 1. The second kappa shape index (κ2) is 6.73. The molecule has 2 aromatic rings. The third-order valence-corrected chi connectivity index (χ3v) is 3.75.